The third-order valence-electron chi connectivity index (χ3n) is 6.74. The number of likely N-dealkylation sites (tertiary alicyclic amines) is 1. The van der Waals surface area contributed by atoms with Gasteiger partial charge < -0.3 is 10.0 Å². The summed E-state index contributed by atoms with van der Waals surface area (Å²) in [5.74, 6) is 0.137. The van der Waals surface area contributed by atoms with Gasteiger partial charge in [0, 0.05) is 13.1 Å². The van der Waals surface area contributed by atoms with E-state index < -0.39 is 12.0 Å². The van der Waals surface area contributed by atoms with E-state index in [1.54, 1.807) is 6.92 Å². The zero-order chi connectivity index (χ0) is 20.3. The molecule has 4 atom stereocenters. The molecule has 0 aliphatic carbocycles. The number of nitrogens with zero attached hydrogens (tertiary/aromatic N) is 1. The lowest BCUT2D eigenvalue weighted by Crippen LogP contribution is -2.49. The van der Waals surface area contributed by atoms with Crippen LogP contribution >= 0.6 is 0 Å². The highest BCUT2D eigenvalue weighted by Crippen LogP contribution is 2.40. The van der Waals surface area contributed by atoms with Crippen molar-refractivity contribution in [2.24, 2.45) is 11.8 Å². The molecule has 1 N–H and O–H groups in total. The Labute approximate surface area is 169 Å². The second-order valence-electron chi connectivity index (χ2n) is 8.77. The van der Waals surface area contributed by atoms with E-state index in [1.807, 2.05) is 30.3 Å². The SMILES string of the molecule is CC(=O)C(CN1CC[C@@](C)(c2cccc(C)c2)[C@@H](C)C1)[C@@H](O)c1ccccc1. The number of hydrogen-bond acceptors (Lipinski definition) is 3. The van der Waals surface area contributed by atoms with Crippen LogP contribution in [0.25, 0.3) is 0 Å². The van der Waals surface area contributed by atoms with E-state index in [4.69, 9.17) is 0 Å². The number of Topliss-reactive ketones (excluding diaryl/α,β-unsaturated/α-hetero) is 1. The molecule has 1 heterocycles. The Morgan fingerprint density at radius 1 is 1.21 bits per heavy atom. The van der Waals surface area contributed by atoms with E-state index in [9.17, 15) is 9.90 Å². The smallest absolute Gasteiger partial charge is 0.137 e. The molecule has 3 nitrogen and oxygen atoms in total. The monoisotopic (exact) mass is 379 g/mol. The molecule has 0 spiro atoms. The summed E-state index contributed by atoms with van der Waals surface area (Å²) >= 11 is 0. The summed E-state index contributed by atoms with van der Waals surface area (Å²) < 4.78 is 0. The van der Waals surface area contributed by atoms with Crippen LogP contribution in [0, 0.1) is 18.8 Å². The largest absolute Gasteiger partial charge is 0.388 e. The van der Waals surface area contributed by atoms with Crippen molar-refractivity contribution in [2.45, 2.75) is 45.6 Å². The number of piperidine rings is 1. The minimum absolute atomic E-state index is 0.0519. The van der Waals surface area contributed by atoms with Gasteiger partial charge in [-0.15, -0.1) is 0 Å². The Hall–Kier alpha value is -1.97. The predicted molar refractivity (Wildman–Crippen MR) is 114 cm³/mol. The predicted octanol–water partition coefficient (Wildman–Crippen LogP) is 4.53. The van der Waals surface area contributed by atoms with Gasteiger partial charge in [0.25, 0.3) is 0 Å². The van der Waals surface area contributed by atoms with Crippen LogP contribution in [-0.4, -0.2) is 35.4 Å². The summed E-state index contributed by atoms with van der Waals surface area (Å²) in [7, 11) is 0. The lowest BCUT2D eigenvalue weighted by atomic mass is 9.67. The van der Waals surface area contributed by atoms with E-state index in [-0.39, 0.29) is 11.2 Å². The van der Waals surface area contributed by atoms with Crippen LogP contribution in [0.1, 0.15) is 50.0 Å². The van der Waals surface area contributed by atoms with Crippen LogP contribution in [0.3, 0.4) is 0 Å². The van der Waals surface area contributed by atoms with Gasteiger partial charge >= 0.3 is 0 Å². The number of aliphatic hydroxyl groups excluding tert-OH is 1. The number of aliphatic hydroxyl groups is 1. The van der Waals surface area contributed by atoms with Crippen molar-refractivity contribution in [2.75, 3.05) is 19.6 Å². The molecule has 2 aromatic rings. The molecule has 1 fully saturated rings. The van der Waals surface area contributed by atoms with E-state index in [2.05, 4.69) is 49.9 Å². The van der Waals surface area contributed by atoms with Gasteiger partial charge in [-0.05, 0) is 49.3 Å². The minimum Gasteiger partial charge on any atom is -0.388 e. The molecule has 3 heteroatoms. The third-order valence-corrected chi connectivity index (χ3v) is 6.74. The number of hydrogen-bond donors (Lipinski definition) is 1. The van der Waals surface area contributed by atoms with Crippen LogP contribution < -0.4 is 0 Å². The Morgan fingerprint density at radius 3 is 2.54 bits per heavy atom. The first-order valence-corrected chi connectivity index (χ1v) is 10.3. The molecule has 2 aromatic carbocycles. The molecule has 0 amide bonds. The molecule has 3 rings (SSSR count). The molecule has 1 unspecified atom stereocenters. The number of carbonyl (C=O) groups excluding carboxylic acids is 1. The Morgan fingerprint density at radius 2 is 1.93 bits per heavy atom. The number of aryl methyl sites for hydroxylation is 1. The molecule has 0 radical (unpaired) electrons. The number of benzene rings is 2. The first kappa shape index (κ1) is 20.8. The third kappa shape index (κ3) is 4.37. The van der Waals surface area contributed by atoms with Crippen molar-refractivity contribution in [1.82, 2.24) is 4.90 Å². The number of ketones is 1. The van der Waals surface area contributed by atoms with Crippen LogP contribution in [0.2, 0.25) is 0 Å². The molecule has 28 heavy (non-hydrogen) atoms. The van der Waals surface area contributed by atoms with Gasteiger partial charge in [0.05, 0.1) is 12.0 Å². The fourth-order valence-corrected chi connectivity index (χ4v) is 4.52. The van der Waals surface area contributed by atoms with Crippen molar-refractivity contribution < 1.29 is 9.90 Å². The fraction of sp³-hybridized carbons (Fsp3) is 0.480. The average Bonchev–Trinajstić information content (AvgIpc) is 2.69. The van der Waals surface area contributed by atoms with Gasteiger partial charge in [-0.25, -0.2) is 0 Å². The Kier molecular flexibility index (Phi) is 6.36. The number of rotatable bonds is 6. The molecule has 1 aliphatic rings. The zero-order valence-electron chi connectivity index (χ0n) is 17.6. The second-order valence-corrected chi connectivity index (χ2v) is 8.77. The lowest BCUT2D eigenvalue weighted by molar-refractivity contribution is -0.125. The fourth-order valence-electron chi connectivity index (χ4n) is 4.52. The van der Waals surface area contributed by atoms with Gasteiger partial charge in [-0.1, -0.05) is 74.0 Å². The van der Waals surface area contributed by atoms with Crippen LogP contribution in [0.5, 0.6) is 0 Å². The summed E-state index contributed by atoms with van der Waals surface area (Å²) in [6.07, 6.45) is 0.308. The maximum atomic E-state index is 12.3. The maximum Gasteiger partial charge on any atom is 0.137 e. The average molecular weight is 380 g/mol. The molecular formula is C25H33NO2. The minimum atomic E-state index is -0.751. The topological polar surface area (TPSA) is 40.5 Å². The summed E-state index contributed by atoms with van der Waals surface area (Å²) in [5, 5.41) is 10.8. The van der Waals surface area contributed by atoms with Crippen molar-refractivity contribution in [3.8, 4) is 0 Å². The molecule has 150 valence electrons. The highest BCUT2D eigenvalue weighted by molar-refractivity contribution is 5.79. The molecular weight excluding hydrogens is 346 g/mol. The molecule has 1 aliphatic heterocycles. The van der Waals surface area contributed by atoms with E-state index in [0.717, 1.165) is 25.1 Å². The van der Waals surface area contributed by atoms with Gasteiger partial charge in [0.15, 0.2) is 0 Å². The molecule has 0 aromatic heterocycles. The quantitative estimate of drug-likeness (QED) is 0.801. The van der Waals surface area contributed by atoms with E-state index >= 15 is 0 Å². The Bertz CT molecular complexity index is 803. The molecule has 0 bridgehead atoms. The number of carbonyl (C=O) groups is 1. The Balaban J connectivity index is 1.71. The van der Waals surface area contributed by atoms with Crippen molar-refractivity contribution >= 4 is 5.78 Å². The first-order valence-electron chi connectivity index (χ1n) is 10.3. The van der Waals surface area contributed by atoms with Crippen molar-refractivity contribution in [3.63, 3.8) is 0 Å². The summed E-state index contributed by atoms with van der Waals surface area (Å²) in [4.78, 5) is 14.7. The molecule has 0 saturated carbocycles. The van der Waals surface area contributed by atoms with Gasteiger partial charge in [-0.2, -0.15) is 0 Å². The van der Waals surface area contributed by atoms with Crippen LogP contribution in [0.4, 0.5) is 0 Å². The van der Waals surface area contributed by atoms with Crippen molar-refractivity contribution in [3.05, 3.63) is 71.3 Å². The maximum absolute atomic E-state index is 12.3. The van der Waals surface area contributed by atoms with E-state index in [0.29, 0.717) is 12.5 Å². The summed E-state index contributed by atoms with van der Waals surface area (Å²) in [6.45, 7) is 10.9. The van der Waals surface area contributed by atoms with E-state index in [1.165, 1.54) is 11.1 Å². The summed E-state index contributed by atoms with van der Waals surface area (Å²) in [5.41, 5.74) is 3.67. The lowest BCUT2D eigenvalue weighted by Gasteiger charge is -2.46. The first-order chi connectivity index (χ1) is 13.3. The van der Waals surface area contributed by atoms with Crippen LogP contribution in [-0.2, 0) is 10.2 Å². The van der Waals surface area contributed by atoms with Crippen LogP contribution in [0.15, 0.2) is 54.6 Å². The second kappa shape index (κ2) is 8.59. The van der Waals surface area contributed by atoms with Crippen molar-refractivity contribution in [1.29, 1.82) is 0 Å². The van der Waals surface area contributed by atoms with Gasteiger partial charge in [0.2, 0.25) is 0 Å². The molecule has 1 saturated heterocycles. The standard InChI is InChI=1S/C25H33NO2/c1-18-9-8-12-22(15-18)25(4)13-14-26(16-19(25)2)17-23(20(3)27)24(28)21-10-6-5-7-11-21/h5-12,15,19,23-24,28H,13-14,16-17H2,1-4H3/t19-,23?,24-,25+/m0/s1. The highest BCUT2D eigenvalue weighted by Gasteiger charge is 2.39. The normalized spacial score (nSPS) is 25.2. The highest BCUT2D eigenvalue weighted by atomic mass is 16.3. The van der Waals surface area contributed by atoms with Gasteiger partial charge in [-0.3, -0.25) is 4.79 Å². The zero-order valence-corrected chi connectivity index (χ0v) is 17.6. The van der Waals surface area contributed by atoms with Gasteiger partial charge in [0.1, 0.15) is 5.78 Å². The summed E-state index contributed by atoms with van der Waals surface area (Å²) in [6, 6.07) is 18.4.